The lowest BCUT2D eigenvalue weighted by Gasteiger charge is -2.07. The normalized spacial score (nSPS) is 10.1. The van der Waals surface area contributed by atoms with E-state index in [2.05, 4.69) is 19.9 Å². The highest BCUT2D eigenvalue weighted by molar-refractivity contribution is 5.95. The second-order valence-corrected chi connectivity index (χ2v) is 4.65. The molecule has 0 radical (unpaired) electrons. The highest BCUT2D eigenvalue weighted by atomic mass is 14.9. The summed E-state index contributed by atoms with van der Waals surface area (Å²) in [7, 11) is 0. The van der Waals surface area contributed by atoms with Gasteiger partial charge in [-0.1, -0.05) is 0 Å². The van der Waals surface area contributed by atoms with E-state index in [0.717, 1.165) is 0 Å². The van der Waals surface area contributed by atoms with Gasteiger partial charge in [-0.25, -0.2) is 19.9 Å². The summed E-state index contributed by atoms with van der Waals surface area (Å²) in [6.07, 6.45) is 0. The Hall–Kier alpha value is -3.63. The summed E-state index contributed by atoms with van der Waals surface area (Å²) in [4.78, 5) is 17.0. The average molecular weight is 285 g/mol. The van der Waals surface area contributed by atoms with Crippen molar-refractivity contribution in [2.75, 3.05) is 0 Å². The molecule has 0 fully saturated rings. The van der Waals surface area contributed by atoms with Crippen LogP contribution in [-0.2, 0) is 0 Å². The summed E-state index contributed by atoms with van der Waals surface area (Å²) in [5, 5.41) is 27.1. The molecule has 0 aliphatic rings. The maximum absolute atomic E-state index is 9.06. The van der Waals surface area contributed by atoms with Gasteiger partial charge in [-0.2, -0.15) is 15.8 Å². The molecule has 102 valence electrons. The van der Waals surface area contributed by atoms with Crippen LogP contribution in [0.15, 0.2) is 6.07 Å². The third kappa shape index (κ3) is 1.80. The Morgan fingerprint density at radius 1 is 0.727 bits per heavy atom. The molecule has 0 aliphatic heterocycles. The Morgan fingerprint density at radius 3 is 1.82 bits per heavy atom. The molecule has 0 saturated heterocycles. The predicted molar refractivity (Wildman–Crippen MR) is 76.3 cm³/mol. The first kappa shape index (κ1) is 13.4. The van der Waals surface area contributed by atoms with Gasteiger partial charge in [0.05, 0.1) is 27.8 Å². The average Bonchev–Trinajstić information content (AvgIpc) is 2.54. The summed E-state index contributed by atoms with van der Waals surface area (Å²) in [6, 6.07) is 7.34. The van der Waals surface area contributed by atoms with Crippen LogP contribution in [0, 0.1) is 47.8 Å². The molecule has 1 aromatic carbocycles. The van der Waals surface area contributed by atoms with Gasteiger partial charge in [-0.05, 0) is 19.9 Å². The highest BCUT2D eigenvalue weighted by Crippen LogP contribution is 2.25. The first-order valence-electron chi connectivity index (χ1n) is 6.29. The number of hydrogen-bond donors (Lipinski definition) is 0. The van der Waals surface area contributed by atoms with Gasteiger partial charge in [-0.15, -0.1) is 0 Å². The maximum atomic E-state index is 9.06. The number of aryl methyl sites for hydroxylation is 2. The second-order valence-electron chi connectivity index (χ2n) is 4.65. The van der Waals surface area contributed by atoms with Crippen LogP contribution in [-0.4, -0.2) is 19.9 Å². The summed E-state index contributed by atoms with van der Waals surface area (Å²) in [5.41, 5.74) is 3.49. The maximum Gasteiger partial charge on any atom is 0.177 e. The van der Waals surface area contributed by atoms with Gasteiger partial charge in [0.2, 0.25) is 0 Å². The van der Waals surface area contributed by atoms with Gasteiger partial charge < -0.3 is 0 Å². The largest absolute Gasteiger partial charge is 0.248 e. The van der Waals surface area contributed by atoms with Crippen LogP contribution in [0.3, 0.4) is 0 Å². The van der Waals surface area contributed by atoms with Crippen LogP contribution < -0.4 is 0 Å². The van der Waals surface area contributed by atoms with Crippen LogP contribution in [0.25, 0.3) is 22.1 Å². The number of benzene rings is 1. The molecule has 0 spiro atoms. The molecule has 0 bridgehead atoms. The van der Waals surface area contributed by atoms with Crippen molar-refractivity contribution < 1.29 is 0 Å². The van der Waals surface area contributed by atoms with E-state index < -0.39 is 0 Å². The Balaban J connectivity index is 2.51. The van der Waals surface area contributed by atoms with E-state index in [4.69, 9.17) is 15.8 Å². The standard InChI is InChI=1S/C15H7N7/c1-7-14-9(20-11(4-16)8(2)19-14)3-10-15(7)22-13(6-18)12(5-17)21-10/h3H,1-2H3. The number of aromatic nitrogens is 4. The van der Waals surface area contributed by atoms with Crippen molar-refractivity contribution in [3.05, 3.63) is 34.4 Å². The molecule has 7 heteroatoms. The molecule has 0 atom stereocenters. The Labute approximate surface area is 125 Å². The van der Waals surface area contributed by atoms with Gasteiger partial charge in [0.1, 0.15) is 18.2 Å². The number of fused-ring (bicyclic) bond motifs is 2. The fourth-order valence-corrected chi connectivity index (χ4v) is 2.24. The smallest absolute Gasteiger partial charge is 0.177 e. The van der Waals surface area contributed by atoms with Crippen molar-refractivity contribution in [2.45, 2.75) is 13.8 Å². The Kier molecular flexibility index (Phi) is 2.87. The summed E-state index contributed by atoms with van der Waals surface area (Å²) in [5.74, 6) is 0. The molecular formula is C15H7N7. The molecule has 3 aromatic rings. The zero-order chi connectivity index (χ0) is 15.9. The number of nitriles is 3. The monoisotopic (exact) mass is 285 g/mol. The zero-order valence-corrected chi connectivity index (χ0v) is 11.7. The van der Waals surface area contributed by atoms with Crippen LogP contribution >= 0.6 is 0 Å². The lowest BCUT2D eigenvalue weighted by molar-refractivity contribution is 1.13. The Bertz CT molecular complexity index is 1080. The fraction of sp³-hybridized carbons (Fsp3) is 0.133. The van der Waals surface area contributed by atoms with Crippen LogP contribution in [0.4, 0.5) is 0 Å². The molecule has 2 aromatic heterocycles. The van der Waals surface area contributed by atoms with E-state index in [9.17, 15) is 0 Å². The van der Waals surface area contributed by atoms with Crippen molar-refractivity contribution in [2.24, 2.45) is 0 Å². The molecule has 22 heavy (non-hydrogen) atoms. The van der Waals surface area contributed by atoms with Gasteiger partial charge in [0.25, 0.3) is 0 Å². The van der Waals surface area contributed by atoms with Gasteiger partial charge in [0, 0.05) is 5.56 Å². The van der Waals surface area contributed by atoms with E-state index in [1.807, 2.05) is 18.2 Å². The van der Waals surface area contributed by atoms with Crippen molar-refractivity contribution >= 4 is 22.1 Å². The summed E-state index contributed by atoms with van der Waals surface area (Å²) < 4.78 is 0. The number of rotatable bonds is 0. The van der Waals surface area contributed by atoms with Gasteiger partial charge in [-0.3, -0.25) is 0 Å². The molecule has 7 nitrogen and oxygen atoms in total. The van der Waals surface area contributed by atoms with Gasteiger partial charge in [0.15, 0.2) is 17.1 Å². The van der Waals surface area contributed by atoms with E-state index in [-0.39, 0.29) is 17.1 Å². The van der Waals surface area contributed by atoms with Crippen molar-refractivity contribution in [3.63, 3.8) is 0 Å². The minimum Gasteiger partial charge on any atom is -0.248 e. The van der Waals surface area contributed by atoms with E-state index >= 15 is 0 Å². The van der Waals surface area contributed by atoms with Crippen LogP contribution in [0.2, 0.25) is 0 Å². The molecule has 2 heterocycles. The highest BCUT2D eigenvalue weighted by Gasteiger charge is 2.15. The molecule has 0 saturated carbocycles. The predicted octanol–water partition coefficient (Wildman–Crippen LogP) is 1.80. The third-order valence-electron chi connectivity index (χ3n) is 3.32. The molecule has 0 N–H and O–H groups in total. The van der Waals surface area contributed by atoms with E-state index in [1.165, 1.54) is 0 Å². The Morgan fingerprint density at radius 2 is 1.23 bits per heavy atom. The van der Waals surface area contributed by atoms with Crippen LogP contribution in [0.1, 0.15) is 28.3 Å². The second kappa shape index (κ2) is 4.73. The summed E-state index contributed by atoms with van der Waals surface area (Å²) in [6.45, 7) is 3.51. The number of nitrogens with zero attached hydrogens (tertiary/aromatic N) is 7. The van der Waals surface area contributed by atoms with Crippen molar-refractivity contribution in [1.29, 1.82) is 15.8 Å². The van der Waals surface area contributed by atoms with Crippen molar-refractivity contribution in [3.8, 4) is 18.2 Å². The van der Waals surface area contributed by atoms with E-state index in [0.29, 0.717) is 33.3 Å². The number of hydrogen-bond acceptors (Lipinski definition) is 7. The van der Waals surface area contributed by atoms with Gasteiger partial charge >= 0.3 is 0 Å². The SMILES string of the molecule is Cc1nc2c(C)c3nc(C#N)c(C#N)nc3cc2nc1C#N. The van der Waals surface area contributed by atoms with E-state index in [1.54, 1.807) is 19.9 Å². The molecule has 0 unspecified atom stereocenters. The minimum atomic E-state index is -0.0330. The fourth-order valence-electron chi connectivity index (χ4n) is 2.24. The first-order valence-corrected chi connectivity index (χ1v) is 6.29. The first-order chi connectivity index (χ1) is 10.6. The zero-order valence-electron chi connectivity index (χ0n) is 11.7. The van der Waals surface area contributed by atoms with Crippen LogP contribution in [0.5, 0.6) is 0 Å². The molecule has 0 amide bonds. The molecule has 3 rings (SSSR count). The minimum absolute atomic E-state index is 0.0178. The summed E-state index contributed by atoms with van der Waals surface area (Å²) >= 11 is 0. The lowest BCUT2D eigenvalue weighted by Crippen LogP contribution is -2.01. The topological polar surface area (TPSA) is 123 Å². The molecule has 0 aliphatic carbocycles. The van der Waals surface area contributed by atoms with Crippen molar-refractivity contribution in [1.82, 2.24) is 19.9 Å². The quantitative estimate of drug-likeness (QED) is 0.577. The lowest BCUT2D eigenvalue weighted by atomic mass is 10.1. The third-order valence-corrected chi connectivity index (χ3v) is 3.32. The molecular weight excluding hydrogens is 278 g/mol.